The predicted molar refractivity (Wildman–Crippen MR) is 73.3 cm³/mol. The number of hydrogen-bond donors (Lipinski definition) is 1. The van der Waals surface area contributed by atoms with Crippen molar-refractivity contribution >= 4 is 17.5 Å². The summed E-state index contributed by atoms with van der Waals surface area (Å²) in [4.78, 5) is 13.7. The van der Waals surface area contributed by atoms with Crippen molar-refractivity contribution in [1.29, 1.82) is 0 Å². The molecule has 5 heteroatoms. The van der Waals surface area contributed by atoms with E-state index >= 15 is 0 Å². The fraction of sp³-hybridized carbons (Fsp3) is 0.500. The number of hydrogen-bond acceptors (Lipinski definition) is 2. The largest absolute Gasteiger partial charge is 0.331 e. The van der Waals surface area contributed by atoms with E-state index in [0.717, 1.165) is 0 Å². The van der Waals surface area contributed by atoms with Gasteiger partial charge in [0.15, 0.2) is 0 Å². The van der Waals surface area contributed by atoms with Crippen molar-refractivity contribution in [2.75, 3.05) is 0 Å². The lowest BCUT2D eigenvalue weighted by molar-refractivity contribution is -0.139. The molecule has 0 radical (unpaired) electrons. The maximum absolute atomic E-state index is 14.1. The molecular weight excluding hydrogens is 267 g/mol. The molecule has 1 aliphatic heterocycles. The minimum atomic E-state index is -0.491. The molecule has 2 atom stereocenters. The van der Waals surface area contributed by atoms with Gasteiger partial charge in [-0.05, 0) is 32.4 Å². The van der Waals surface area contributed by atoms with Gasteiger partial charge >= 0.3 is 0 Å². The monoisotopic (exact) mass is 284 g/mol. The highest BCUT2D eigenvalue weighted by atomic mass is 35.5. The van der Waals surface area contributed by atoms with Crippen molar-refractivity contribution in [3.63, 3.8) is 0 Å². The molecule has 2 rings (SSSR count). The summed E-state index contributed by atoms with van der Waals surface area (Å²) < 4.78 is 14.1. The zero-order valence-corrected chi connectivity index (χ0v) is 11.8. The summed E-state index contributed by atoms with van der Waals surface area (Å²) in [5, 5.41) is 0.320. The van der Waals surface area contributed by atoms with E-state index in [0.29, 0.717) is 23.4 Å². The molecule has 1 saturated heterocycles. The van der Waals surface area contributed by atoms with Gasteiger partial charge in [-0.15, -0.1) is 0 Å². The van der Waals surface area contributed by atoms with E-state index in [-0.39, 0.29) is 18.0 Å². The van der Waals surface area contributed by atoms with Gasteiger partial charge in [0.05, 0.1) is 6.04 Å². The first kappa shape index (κ1) is 14.3. The Labute approximate surface area is 117 Å². The maximum atomic E-state index is 14.1. The quantitative estimate of drug-likeness (QED) is 0.908. The SMILES string of the molecule is CC(C)N1C(=O)CCC(N)C1c1c(F)cccc1Cl. The topological polar surface area (TPSA) is 46.3 Å². The highest BCUT2D eigenvalue weighted by Crippen LogP contribution is 2.37. The zero-order valence-electron chi connectivity index (χ0n) is 11.1. The molecule has 0 saturated carbocycles. The van der Waals surface area contributed by atoms with Crippen LogP contribution in [-0.2, 0) is 4.79 Å². The Bertz CT molecular complexity index is 472. The number of nitrogens with two attached hydrogens (primary N) is 1. The molecule has 3 nitrogen and oxygen atoms in total. The second kappa shape index (κ2) is 5.47. The van der Waals surface area contributed by atoms with Crippen molar-refractivity contribution in [1.82, 2.24) is 4.90 Å². The van der Waals surface area contributed by atoms with Crippen molar-refractivity contribution < 1.29 is 9.18 Å². The highest BCUT2D eigenvalue weighted by Gasteiger charge is 2.38. The van der Waals surface area contributed by atoms with Gasteiger partial charge in [0.25, 0.3) is 0 Å². The van der Waals surface area contributed by atoms with E-state index in [2.05, 4.69) is 0 Å². The average molecular weight is 285 g/mol. The van der Waals surface area contributed by atoms with Crippen LogP contribution in [0.15, 0.2) is 18.2 Å². The Morgan fingerprint density at radius 1 is 1.47 bits per heavy atom. The Hall–Kier alpha value is -1.13. The lowest BCUT2D eigenvalue weighted by Gasteiger charge is -2.42. The van der Waals surface area contributed by atoms with E-state index in [1.165, 1.54) is 6.07 Å². The van der Waals surface area contributed by atoms with Gasteiger partial charge in [0.1, 0.15) is 5.82 Å². The molecule has 1 fully saturated rings. The molecule has 1 aromatic carbocycles. The molecule has 0 aliphatic carbocycles. The van der Waals surface area contributed by atoms with Crippen LogP contribution >= 0.6 is 11.6 Å². The standard InChI is InChI=1S/C14H18ClFN2O/c1-8(2)18-12(19)7-6-11(17)14(18)13-9(15)4-3-5-10(13)16/h3-5,8,11,14H,6-7,17H2,1-2H3. The first-order valence-electron chi connectivity index (χ1n) is 6.44. The molecule has 0 bridgehead atoms. The summed E-state index contributed by atoms with van der Waals surface area (Å²) in [6.07, 6.45) is 0.958. The second-order valence-corrected chi connectivity index (χ2v) is 5.58. The molecule has 104 valence electrons. The summed E-state index contributed by atoms with van der Waals surface area (Å²) >= 11 is 6.11. The van der Waals surface area contributed by atoms with Crippen molar-refractivity contribution in [3.8, 4) is 0 Å². The predicted octanol–water partition coefficient (Wildman–Crippen LogP) is 2.88. The number of carbonyl (C=O) groups excluding carboxylic acids is 1. The number of halogens is 2. The van der Waals surface area contributed by atoms with Gasteiger partial charge in [-0.1, -0.05) is 17.7 Å². The summed E-state index contributed by atoms with van der Waals surface area (Å²) in [6, 6.07) is 3.70. The normalized spacial score (nSPS) is 24.1. The Balaban J connectivity index is 2.51. The van der Waals surface area contributed by atoms with Crippen LogP contribution in [0, 0.1) is 5.82 Å². The van der Waals surface area contributed by atoms with Crippen LogP contribution in [0.1, 0.15) is 38.3 Å². The fourth-order valence-electron chi connectivity index (χ4n) is 2.69. The minimum Gasteiger partial charge on any atom is -0.331 e. The molecule has 2 N–H and O–H groups in total. The molecule has 0 spiro atoms. The third-order valence-corrected chi connectivity index (χ3v) is 3.87. The molecular formula is C14H18ClFN2O. The summed E-state index contributed by atoms with van der Waals surface area (Å²) in [6.45, 7) is 3.80. The zero-order chi connectivity index (χ0) is 14.2. The van der Waals surface area contributed by atoms with Crippen LogP contribution in [0.25, 0.3) is 0 Å². The van der Waals surface area contributed by atoms with Crippen molar-refractivity contribution in [2.45, 2.75) is 44.8 Å². The van der Waals surface area contributed by atoms with Crippen molar-refractivity contribution in [3.05, 3.63) is 34.6 Å². The lowest BCUT2D eigenvalue weighted by Crippen LogP contribution is -2.51. The number of benzene rings is 1. The number of likely N-dealkylation sites (tertiary alicyclic amines) is 1. The second-order valence-electron chi connectivity index (χ2n) is 5.18. The van der Waals surface area contributed by atoms with Crippen LogP contribution < -0.4 is 5.73 Å². The lowest BCUT2D eigenvalue weighted by atomic mass is 9.89. The van der Waals surface area contributed by atoms with Crippen molar-refractivity contribution in [2.24, 2.45) is 5.73 Å². The van der Waals surface area contributed by atoms with Crippen LogP contribution in [0.3, 0.4) is 0 Å². The number of rotatable bonds is 2. The summed E-state index contributed by atoms with van der Waals surface area (Å²) in [5.41, 5.74) is 6.45. The molecule has 1 aliphatic rings. The third kappa shape index (κ3) is 2.60. The van der Waals surface area contributed by atoms with E-state index in [4.69, 9.17) is 17.3 Å². The average Bonchev–Trinajstić information content (AvgIpc) is 2.32. The first-order chi connectivity index (χ1) is 8.93. The van der Waals surface area contributed by atoms with Crippen LogP contribution in [0.2, 0.25) is 5.02 Å². The molecule has 1 heterocycles. The Morgan fingerprint density at radius 2 is 2.16 bits per heavy atom. The minimum absolute atomic E-state index is 0.000944. The Morgan fingerprint density at radius 3 is 2.74 bits per heavy atom. The van der Waals surface area contributed by atoms with Crippen LogP contribution in [0.5, 0.6) is 0 Å². The summed E-state index contributed by atoms with van der Waals surface area (Å²) in [7, 11) is 0. The number of piperidine rings is 1. The highest BCUT2D eigenvalue weighted by molar-refractivity contribution is 6.31. The molecule has 0 aromatic heterocycles. The van der Waals surface area contributed by atoms with Gasteiger partial charge in [-0.25, -0.2) is 4.39 Å². The summed E-state index contributed by atoms with van der Waals surface area (Å²) in [5.74, 6) is -0.408. The van der Waals surface area contributed by atoms with Gasteiger partial charge in [-0.2, -0.15) is 0 Å². The molecule has 19 heavy (non-hydrogen) atoms. The number of amides is 1. The van der Waals surface area contributed by atoms with Gasteiger partial charge in [0.2, 0.25) is 5.91 Å². The van der Waals surface area contributed by atoms with Crippen LogP contribution in [0.4, 0.5) is 4.39 Å². The van der Waals surface area contributed by atoms with E-state index < -0.39 is 11.9 Å². The first-order valence-corrected chi connectivity index (χ1v) is 6.82. The smallest absolute Gasteiger partial charge is 0.223 e. The fourth-order valence-corrected chi connectivity index (χ4v) is 2.97. The van der Waals surface area contributed by atoms with Gasteiger partial charge in [0, 0.05) is 29.1 Å². The van der Waals surface area contributed by atoms with Gasteiger partial charge in [-0.3, -0.25) is 4.79 Å². The molecule has 1 amide bonds. The maximum Gasteiger partial charge on any atom is 0.223 e. The third-order valence-electron chi connectivity index (χ3n) is 3.54. The van der Waals surface area contributed by atoms with Gasteiger partial charge < -0.3 is 10.6 Å². The number of nitrogens with zero attached hydrogens (tertiary/aromatic N) is 1. The van der Waals surface area contributed by atoms with E-state index in [1.807, 2.05) is 13.8 Å². The molecule has 1 aromatic rings. The van der Waals surface area contributed by atoms with E-state index in [1.54, 1.807) is 17.0 Å². The molecule has 2 unspecified atom stereocenters. The Kier molecular flexibility index (Phi) is 4.11. The number of carbonyl (C=O) groups is 1. The van der Waals surface area contributed by atoms with E-state index in [9.17, 15) is 9.18 Å². The van der Waals surface area contributed by atoms with Crippen LogP contribution in [-0.4, -0.2) is 22.9 Å².